The molecule has 8 nitrogen and oxygen atoms in total. The van der Waals surface area contributed by atoms with Gasteiger partial charge in [-0.15, -0.1) is 10.2 Å². The lowest BCUT2D eigenvalue weighted by molar-refractivity contribution is 0.0601. The zero-order valence-corrected chi connectivity index (χ0v) is 14.5. The average Bonchev–Trinajstić information content (AvgIpc) is 3.07. The molecule has 124 valence electrons. The summed E-state index contributed by atoms with van der Waals surface area (Å²) < 4.78 is 5.46. The van der Waals surface area contributed by atoms with Gasteiger partial charge in [-0.2, -0.15) is 0 Å². The van der Waals surface area contributed by atoms with Crippen molar-refractivity contribution >= 4 is 45.1 Å². The molecule has 0 aliphatic rings. The molecule has 2 heterocycles. The lowest BCUT2D eigenvalue weighted by Gasteiger charge is -2.04. The molecule has 3 aromatic rings. The average molecular weight is 363 g/mol. The number of benzene rings is 1. The van der Waals surface area contributed by atoms with Gasteiger partial charge in [-0.3, -0.25) is 4.79 Å². The first-order valence-electron chi connectivity index (χ1n) is 6.86. The quantitative estimate of drug-likeness (QED) is 0.522. The molecular weight excluding hydrogens is 350 g/mol. The van der Waals surface area contributed by atoms with E-state index in [1.807, 2.05) is 0 Å². The maximum atomic E-state index is 12.2. The highest BCUT2D eigenvalue weighted by molar-refractivity contribution is 8.00. The Hall–Kier alpha value is -2.46. The Kier molecular flexibility index (Phi) is 4.76. The Morgan fingerprint density at radius 2 is 2.25 bits per heavy atom. The first kappa shape index (κ1) is 16.4. The van der Waals surface area contributed by atoms with Gasteiger partial charge in [0.1, 0.15) is 5.82 Å². The summed E-state index contributed by atoms with van der Waals surface area (Å²) in [6.45, 7) is 0. The monoisotopic (exact) mass is 363 g/mol. The Balaban J connectivity index is 1.87. The van der Waals surface area contributed by atoms with Crippen molar-refractivity contribution in [2.45, 2.75) is 10.1 Å². The van der Waals surface area contributed by atoms with Crippen LogP contribution >= 0.6 is 23.1 Å². The first-order valence-corrected chi connectivity index (χ1v) is 8.66. The van der Waals surface area contributed by atoms with E-state index in [0.717, 1.165) is 9.47 Å². The summed E-state index contributed by atoms with van der Waals surface area (Å²) in [6.07, 6.45) is 0. The van der Waals surface area contributed by atoms with Crippen LogP contribution in [0.5, 0.6) is 0 Å². The summed E-state index contributed by atoms with van der Waals surface area (Å²) in [5.74, 6) is 0.468. The van der Waals surface area contributed by atoms with Gasteiger partial charge >= 0.3 is 5.97 Å². The third kappa shape index (κ3) is 3.39. The zero-order chi connectivity index (χ0) is 17.1. The van der Waals surface area contributed by atoms with Gasteiger partial charge in [-0.05, 0) is 18.2 Å². The number of hydrogen-bond acceptors (Lipinski definition) is 9. The second-order valence-electron chi connectivity index (χ2n) is 4.65. The first-order chi connectivity index (χ1) is 11.6. The van der Waals surface area contributed by atoms with E-state index in [4.69, 9.17) is 0 Å². The van der Waals surface area contributed by atoms with Gasteiger partial charge in [0.05, 0.1) is 29.3 Å². The van der Waals surface area contributed by atoms with E-state index in [-0.39, 0.29) is 5.56 Å². The van der Waals surface area contributed by atoms with Crippen LogP contribution < -0.4 is 10.9 Å². The number of thioether (sulfide) groups is 1. The van der Waals surface area contributed by atoms with Crippen LogP contribution in [-0.4, -0.2) is 40.3 Å². The molecule has 0 spiro atoms. The predicted molar refractivity (Wildman–Crippen MR) is 92.7 cm³/mol. The Morgan fingerprint density at radius 3 is 2.96 bits per heavy atom. The van der Waals surface area contributed by atoms with Crippen LogP contribution in [0.2, 0.25) is 0 Å². The minimum atomic E-state index is -0.469. The number of esters is 1. The number of carbonyl (C=O) groups is 1. The van der Waals surface area contributed by atoms with Crippen molar-refractivity contribution in [2.24, 2.45) is 0 Å². The van der Waals surface area contributed by atoms with Crippen molar-refractivity contribution in [1.82, 2.24) is 20.2 Å². The Bertz CT molecular complexity index is 953. The number of H-pyrrole nitrogens is 1. The van der Waals surface area contributed by atoms with Crippen LogP contribution in [0.1, 0.15) is 16.2 Å². The summed E-state index contributed by atoms with van der Waals surface area (Å²) in [7, 11) is 3.08. The standard InChI is InChI=1S/C14H13N5O3S2/c1-15-13-18-19-14(24-13)23-6-10-16-9-5-7(12(21)22-2)3-4-8(9)11(20)17-10/h3-5H,6H2,1-2H3,(H,15,18)(H,16,17,20). The van der Waals surface area contributed by atoms with E-state index >= 15 is 0 Å². The number of nitrogens with zero attached hydrogens (tertiary/aromatic N) is 3. The van der Waals surface area contributed by atoms with E-state index in [0.29, 0.717) is 28.0 Å². The molecule has 10 heteroatoms. The molecule has 0 fully saturated rings. The van der Waals surface area contributed by atoms with Crippen LogP contribution in [0.3, 0.4) is 0 Å². The fourth-order valence-corrected chi connectivity index (χ4v) is 3.58. The maximum absolute atomic E-state index is 12.2. The van der Waals surface area contributed by atoms with Gasteiger partial charge < -0.3 is 15.0 Å². The van der Waals surface area contributed by atoms with Gasteiger partial charge in [0.2, 0.25) is 5.13 Å². The molecule has 1 aromatic carbocycles. The number of aromatic amines is 1. The molecule has 0 aliphatic carbocycles. The lowest BCUT2D eigenvalue weighted by atomic mass is 10.1. The van der Waals surface area contributed by atoms with Crippen LogP contribution in [-0.2, 0) is 10.5 Å². The Morgan fingerprint density at radius 1 is 1.42 bits per heavy atom. The molecule has 0 amide bonds. The highest BCUT2D eigenvalue weighted by Gasteiger charge is 2.11. The van der Waals surface area contributed by atoms with Crippen LogP contribution in [0.4, 0.5) is 5.13 Å². The highest BCUT2D eigenvalue weighted by Crippen LogP contribution is 2.27. The number of ether oxygens (including phenoxy) is 1. The van der Waals surface area contributed by atoms with Gasteiger partial charge in [0.25, 0.3) is 5.56 Å². The summed E-state index contributed by atoms with van der Waals surface area (Å²) in [4.78, 5) is 30.9. The number of hydrogen-bond donors (Lipinski definition) is 2. The van der Waals surface area contributed by atoms with Crippen molar-refractivity contribution in [3.8, 4) is 0 Å². The molecule has 0 aliphatic heterocycles. The summed E-state index contributed by atoms with van der Waals surface area (Å²) in [6, 6.07) is 4.66. The van der Waals surface area contributed by atoms with E-state index in [1.54, 1.807) is 25.2 Å². The molecule has 0 atom stereocenters. The summed E-state index contributed by atoms with van der Waals surface area (Å²) >= 11 is 2.84. The van der Waals surface area contributed by atoms with Crippen molar-refractivity contribution in [3.05, 3.63) is 39.9 Å². The minimum Gasteiger partial charge on any atom is -0.465 e. The van der Waals surface area contributed by atoms with Crippen LogP contribution in [0, 0.1) is 0 Å². The molecule has 24 heavy (non-hydrogen) atoms. The largest absolute Gasteiger partial charge is 0.465 e. The van der Waals surface area contributed by atoms with Crippen LogP contribution in [0.25, 0.3) is 10.9 Å². The Labute approximate surface area is 144 Å². The van der Waals surface area contributed by atoms with Crippen molar-refractivity contribution in [1.29, 1.82) is 0 Å². The third-order valence-corrected chi connectivity index (χ3v) is 5.21. The SMILES string of the molecule is CNc1nnc(SCc2nc3cc(C(=O)OC)ccc3c(=O)[nH]2)s1. The normalized spacial score (nSPS) is 10.8. The maximum Gasteiger partial charge on any atom is 0.337 e. The van der Waals surface area contributed by atoms with Crippen LogP contribution in [0.15, 0.2) is 27.3 Å². The number of rotatable bonds is 5. The predicted octanol–water partition coefficient (Wildman–Crippen LogP) is 1.90. The number of aromatic nitrogens is 4. The van der Waals surface area contributed by atoms with Crippen molar-refractivity contribution in [3.63, 3.8) is 0 Å². The minimum absolute atomic E-state index is 0.250. The molecule has 0 saturated heterocycles. The molecule has 2 N–H and O–H groups in total. The molecule has 0 bridgehead atoms. The number of nitrogens with one attached hydrogen (secondary N) is 2. The molecule has 0 radical (unpaired) electrons. The van der Waals surface area contributed by atoms with Crippen molar-refractivity contribution in [2.75, 3.05) is 19.5 Å². The summed E-state index contributed by atoms with van der Waals surface area (Å²) in [5.41, 5.74) is 0.551. The second-order valence-corrected chi connectivity index (χ2v) is 6.85. The highest BCUT2D eigenvalue weighted by atomic mass is 32.2. The van der Waals surface area contributed by atoms with Crippen molar-refractivity contribution < 1.29 is 9.53 Å². The molecule has 0 saturated carbocycles. The molecular formula is C14H13N5O3S2. The fraction of sp³-hybridized carbons (Fsp3) is 0.214. The topological polar surface area (TPSA) is 110 Å². The number of fused-ring (bicyclic) bond motifs is 1. The van der Waals surface area contributed by atoms with Gasteiger partial charge in [0.15, 0.2) is 4.34 Å². The van der Waals surface area contributed by atoms with Gasteiger partial charge in [-0.1, -0.05) is 23.1 Å². The fourth-order valence-electron chi connectivity index (χ4n) is 2.00. The van der Waals surface area contributed by atoms with E-state index in [9.17, 15) is 9.59 Å². The second kappa shape index (κ2) is 6.97. The zero-order valence-electron chi connectivity index (χ0n) is 12.8. The number of carbonyl (C=O) groups excluding carboxylic acids is 1. The van der Waals surface area contributed by atoms with Gasteiger partial charge in [-0.25, -0.2) is 9.78 Å². The lowest BCUT2D eigenvalue weighted by Crippen LogP contribution is -2.12. The molecule has 2 aromatic heterocycles. The summed E-state index contributed by atoms with van der Waals surface area (Å²) in [5, 5.41) is 12.0. The third-order valence-electron chi connectivity index (χ3n) is 3.13. The molecule has 3 rings (SSSR count). The number of anilines is 1. The van der Waals surface area contributed by atoms with E-state index < -0.39 is 5.97 Å². The van der Waals surface area contributed by atoms with Gasteiger partial charge in [0, 0.05) is 7.05 Å². The number of methoxy groups -OCH3 is 1. The smallest absolute Gasteiger partial charge is 0.337 e. The molecule has 0 unspecified atom stereocenters. The van der Waals surface area contributed by atoms with E-state index in [1.165, 1.54) is 30.2 Å². The van der Waals surface area contributed by atoms with E-state index in [2.05, 4.69) is 30.2 Å².